The normalized spacial score (nSPS) is 13.0. The minimum Gasteiger partial charge on any atom is -0.455 e. The van der Waals surface area contributed by atoms with Crippen LogP contribution in [0.15, 0.2) is 16.5 Å². The topological polar surface area (TPSA) is 62.5 Å². The summed E-state index contributed by atoms with van der Waals surface area (Å²) in [5.41, 5.74) is 0. The van der Waals surface area contributed by atoms with Crippen molar-refractivity contribution in [3.63, 3.8) is 0 Å². The molecule has 1 aromatic heterocycles. The number of hydrogen-bond donors (Lipinski definition) is 2. The van der Waals surface area contributed by atoms with Gasteiger partial charge in [0.05, 0.1) is 18.4 Å². The van der Waals surface area contributed by atoms with Crippen LogP contribution in [0.25, 0.3) is 0 Å². The third-order valence-corrected chi connectivity index (χ3v) is 3.26. The van der Waals surface area contributed by atoms with Crippen LogP contribution in [-0.4, -0.2) is 29.4 Å². The summed E-state index contributed by atoms with van der Waals surface area (Å²) < 4.78 is 29.2. The Labute approximate surface area is 114 Å². The fourth-order valence-corrected chi connectivity index (χ4v) is 1.83. The van der Waals surface area contributed by atoms with Crippen molar-refractivity contribution in [3.05, 3.63) is 23.7 Å². The molecule has 19 heavy (non-hydrogen) atoms. The first-order chi connectivity index (χ1) is 8.93. The van der Waals surface area contributed by atoms with Crippen LogP contribution in [0.2, 0.25) is 0 Å². The van der Waals surface area contributed by atoms with Crippen molar-refractivity contribution in [2.45, 2.75) is 31.4 Å². The maximum atomic E-state index is 12.0. The smallest absolute Gasteiger partial charge is 0.287 e. The molecule has 0 radical (unpaired) electrons. The standard InChI is InChI=1S/C12H17F2NO3S/c1-7(2)9(5-16)15-11(17)10-4-3-8(18-10)6-19-12(13)14/h3-4,7,9,12,16H,5-6H2,1-2H3,(H,15,17)/t9-/m1/s1. The van der Waals surface area contributed by atoms with E-state index in [2.05, 4.69) is 5.32 Å². The van der Waals surface area contributed by atoms with E-state index in [-0.39, 0.29) is 30.1 Å². The fraction of sp³-hybridized carbons (Fsp3) is 0.583. The molecule has 7 heteroatoms. The van der Waals surface area contributed by atoms with E-state index in [0.717, 1.165) is 0 Å². The molecule has 0 aliphatic heterocycles. The molecule has 0 spiro atoms. The predicted octanol–water partition coefficient (Wildman–Crippen LogP) is 2.48. The first kappa shape index (κ1) is 16.0. The second-order valence-corrected chi connectivity index (χ2v) is 5.32. The molecule has 1 atom stereocenters. The van der Waals surface area contributed by atoms with Gasteiger partial charge in [0.25, 0.3) is 11.7 Å². The predicted molar refractivity (Wildman–Crippen MR) is 69.2 cm³/mol. The molecule has 0 unspecified atom stereocenters. The van der Waals surface area contributed by atoms with Gasteiger partial charge < -0.3 is 14.8 Å². The van der Waals surface area contributed by atoms with Gasteiger partial charge in [-0.05, 0) is 18.1 Å². The monoisotopic (exact) mass is 293 g/mol. The lowest BCUT2D eigenvalue weighted by Crippen LogP contribution is -2.40. The van der Waals surface area contributed by atoms with Gasteiger partial charge in [0.15, 0.2) is 5.76 Å². The number of thioether (sulfide) groups is 1. The van der Waals surface area contributed by atoms with Gasteiger partial charge in [0.1, 0.15) is 5.76 Å². The SMILES string of the molecule is CC(C)[C@@H](CO)NC(=O)c1ccc(CSC(F)F)o1. The number of nitrogens with one attached hydrogen (secondary N) is 1. The number of aliphatic hydroxyl groups excluding tert-OH is 1. The number of carbonyl (C=O) groups is 1. The van der Waals surface area contributed by atoms with E-state index in [1.165, 1.54) is 12.1 Å². The maximum Gasteiger partial charge on any atom is 0.287 e. The van der Waals surface area contributed by atoms with Gasteiger partial charge in [-0.2, -0.15) is 8.78 Å². The van der Waals surface area contributed by atoms with Crippen LogP contribution >= 0.6 is 11.8 Å². The maximum absolute atomic E-state index is 12.0. The highest BCUT2D eigenvalue weighted by molar-refractivity contribution is 7.98. The molecule has 4 nitrogen and oxygen atoms in total. The number of amides is 1. The molecule has 1 amide bonds. The summed E-state index contributed by atoms with van der Waals surface area (Å²) in [6.45, 7) is 3.57. The molecule has 0 saturated heterocycles. The minimum absolute atomic E-state index is 0.0125. The Balaban J connectivity index is 2.58. The van der Waals surface area contributed by atoms with Crippen LogP contribution in [0.1, 0.15) is 30.2 Å². The molecule has 0 saturated carbocycles. The summed E-state index contributed by atoms with van der Waals surface area (Å²) >= 11 is 0.434. The van der Waals surface area contributed by atoms with E-state index in [1.54, 1.807) is 0 Å². The van der Waals surface area contributed by atoms with Gasteiger partial charge in [-0.15, -0.1) is 0 Å². The quantitative estimate of drug-likeness (QED) is 0.810. The van der Waals surface area contributed by atoms with Crippen molar-refractivity contribution in [1.82, 2.24) is 5.32 Å². The molecule has 0 aliphatic rings. The summed E-state index contributed by atoms with van der Waals surface area (Å²) in [5.74, 6) is -2.45. The average molecular weight is 293 g/mol. The van der Waals surface area contributed by atoms with Crippen LogP contribution in [0.3, 0.4) is 0 Å². The minimum atomic E-state index is -2.47. The van der Waals surface area contributed by atoms with Gasteiger partial charge in [-0.1, -0.05) is 25.6 Å². The van der Waals surface area contributed by atoms with E-state index < -0.39 is 11.7 Å². The fourth-order valence-electron chi connectivity index (χ4n) is 1.39. The number of halogens is 2. The zero-order chi connectivity index (χ0) is 14.4. The third-order valence-electron chi connectivity index (χ3n) is 2.55. The molecule has 1 rings (SSSR count). The van der Waals surface area contributed by atoms with Crippen molar-refractivity contribution < 1.29 is 23.1 Å². The molecule has 0 aliphatic carbocycles. The second-order valence-electron chi connectivity index (χ2n) is 4.34. The molecule has 108 valence electrons. The van der Waals surface area contributed by atoms with Crippen molar-refractivity contribution in [2.75, 3.05) is 6.61 Å². The Morgan fingerprint density at radius 1 is 1.47 bits per heavy atom. The third kappa shape index (κ3) is 5.20. The van der Waals surface area contributed by atoms with Crippen LogP contribution < -0.4 is 5.32 Å². The second kappa shape index (κ2) is 7.49. The Morgan fingerprint density at radius 2 is 2.16 bits per heavy atom. The van der Waals surface area contributed by atoms with E-state index in [9.17, 15) is 13.6 Å². The number of alkyl halides is 2. The Kier molecular flexibility index (Phi) is 6.30. The van der Waals surface area contributed by atoms with Gasteiger partial charge in [-0.3, -0.25) is 4.79 Å². The van der Waals surface area contributed by atoms with Crippen LogP contribution in [0.5, 0.6) is 0 Å². The summed E-state index contributed by atoms with van der Waals surface area (Å²) in [5, 5.41) is 11.7. The first-order valence-corrected chi connectivity index (χ1v) is 6.89. The Morgan fingerprint density at radius 3 is 2.68 bits per heavy atom. The Bertz CT molecular complexity index is 409. The van der Waals surface area contributed by atoms with Gasteiger partial charge in [0.2, 0.25) is 0 Å². The van der Waals surface area contributed by atoms with Crippen molar-refractivity contribution in [1.29, 1.82) is 0 Å². The molecular weight excluding hydrogens is 276 g/mol. The number of rotatable bonds is 7. The van der Waals surface area contributed by atoms with Crippen molar-refractivity contribution >= 4 is 17.7 Å². The first-order valence-electron chi connectivity index (χ1n) is 5.84. The summed E-state index contributed by atoms with van der Waals surface area (Å²) in [6, 6.07) is 2.57. The number of aliphatic hydroxyl groups is 1. The number of carbonyl (C=O) groups excluding carboxylic acids is 1. The molecule has 0 bridgehead atoms. The van der Waals surface area contributed by atoms with Crippen LogP contribution in [0.4, 0.5) is 8.78 Å². The summed E-state index contributed by atoms with van der Waals surface area (Å²) in [6.07, 6.45) is 0. The lowest BCUT2D eigenvalue weighted by Gasteiger charge is -2.18. The van der Waals surface area contributed by atoms with E-state index >= 15 is 0 Å². The highest BCUT2D eigenvalue weighted by Gasteiger charge is 2.18. The van der Waals surface area contributed by atoms with Gasteiger partial charge in [-0.25, -0.2) is 0 Å². The van der Waals surface area contributed by atoms with Crippen molar-refractivity contribution in [3.8, 4) is 0 Å². The molecule has 1 heterocycles. The summed E-state index contributed by atoms with van der Waals surface area (Å²) in [7, 11) is 0. The lowest BCUT2D eigenvalue weighted by molar-refractivity contribution is 0.0867. The van der Waals surface area contributed by atoms with E-state index in [1.807, 2.05) is 13.8 Å². The highest BCUT2D eigenvalue weighted by atomic mass is 32.2. The Hall–Kier alpha value is -1.08. The van der Waals surface area contributed by atoms with Crippen molar-refractivity contribution in [2.24, 2.45) is 5.92 Å². The van der Waals surface area contributed by atoms with Crippen LogP contribution in [-0.2, 0) is 5.75 Å². The zero-order valence-corrected chi connectivity index (χ0v) is 11.5. The number of furan rings is 1. The van der Waals surface area contributed by atoms with Crippen LogP contribution in [0, 0.1) is 5.92 Å². The number of hydrogen-bond acceptors (Lipinski definition) is 4. The zero-order valence-electron chi connectivity index (χ0n) is 10.7. The molecule has 0 aromatic carbocycles. The summed E-state index contributed by atoms with van der Waals surface area (Å²) in [4.78, 5) is 11.8. The van der Waals surface area contributed by atoms with E-state index in [4.69, 9.17) is 9.52 Å². The molecule has 0 fully saturated rings. The molecule has 1 aromatic rings. The van der Waals surface area contributed by atoms with Gasteiger partial charge >= 0.3 is 0 Å². The molecular formula is C12H17F2NO3S. The highest BCUT2D eigenvalue weighted by Crippen LogP contribution is 2.21. The average Bonchev–Trinajstić information content (AvgIpc) is 2.81. The molecule has 2 N–H and O–H groups in total. The van der Waals surface area contributed by atoms with E-state index in [0.29, 0.717) is 17.5 Å². The van der Waals surface area contributed by atoms with Gasteiger partial charge in [0, 0.05) is 0 Å². The lowest BCUT2D eigenvalue weighted by atomic mass is 10.1. The largest absolute Gasteiger partial charge is 0.455 e.